The Bertz CT molecular complexity index is 707. The van der Waals surface area contributed by atoms with Crippen LogP contribution in [0, 0.1) is 11.3 Å². The Morgan fingerprint density at radius 1 is 1.33 bits per heavy atom. The zero-order valence-electron chi connectivity index (χ0n) is 11.1. The molecule has 2 rings (SSSR count). The van der Waals surface area contributed by atoms with Crippen LogP contribution < -0.4 is 5.32 Å². The largest absolute Gasteiger partial charge is 0.465 e. The Morgan fingerprint density at radius 2 is 2.10 bits per heavy atom. The molecule has 0 aliphatic heterocycles. The Morgan fingerprint density at radius 3 is 2.76 bits per heavy atom. The second kappa shape index (κ2) is 6.77. The van der Waals surface area contributed by atoms with Gasteiger partial charge in [-0.25, -0.2) is 14.8 Å². The first-order valence-corrected chi connectivity index (χ1v) is 5.93. The highest BCUT2D eigenvalue weighted by Crippen LogP contribution is 2.14. The third-order valence-corrected chi connectivity index (χ3v) is 2.48. The molecule has 2 aromatic heterocycles. The van der Waals surface area contributed by atoms with Gasteiger partial charge in [-0.05, 0) is 18.2 Å². The van der Waals surface area contributed by atoms with E-state index in [4.69, 9.17) is 5.26 Å². The first kappa shape index (κ1) is 14.1. The predicted molar refractivity (Wildman–Crippen MR) is 74.6 cm³/mol. The molecule has 0 atom stereocenters. The molecule has 0 saturated heterocycles. The fourth-order valence-electron chi connectivity index (χ4n) is 1.47. The molecule has 0 spiro atoms. The van der Waals surface area contributed by atoms with Gasteiger partial charge >= 0.3 is 5.97 Å². The highest BCUT2D eigenvalue weighted by molar-refractivity contribution is 5.92. The predicted octanol–water partition coefficient (Wildman–Crippen LogP) is 1.53. The minimum absolute atomic E-state index is 0.151. The molecule has 0 saturated carbocycles. The number of methoxy groups -OCH3 is 1. The molecule has 7 nitrogen and oxygen atoms in total. The SMILES string of the molecule is COC(=O)C(C#N)=CNc1ccnc(-c2ccncc2)n1. The number of ether oxygens (including phenoxy) is 1. The van der Waals surface area contributed by atoms with Crippen LogP contribution in [0.15, 0.2) is 48.6 Å². The topological polar surface area (TPSA) is 101 Å². The molecule has 0 aliphatic carbocycles. The molecule has 21 heavy (non-hydrogen) atoms. The summed E-state index contributed by atoms with van der Waals surface area (Å²) in [4.78, 5) is 23.6. The van der Waals surface area contributed by atoms with Crippen molar-refractivity contribution >= 4 is 11.8 Å². The third-order valence-electron chi connectivity index (χ3n) is 2.48. The Labute approximate surface area is 121 Å². The summed E-state index contributed by atoms with van der Waals surface area (Å²) in [6.45, 7) is 0. The van der Waals surface area contributed by atoms with Gasteiger partial charge in [0.2, 0.25) is 0 Å². The summed E-state index contributed by atoms with van der Waals surface area (Å²) in [5.74, 6) is 0.245. The first-order valence-electron chi connectivity index (χ1n) is 5.93. The molecular formula is C14H11N5O2. The van der Waals surface area contributed by atoms with Crippen molar-refractivity contribution in [1.82, 2.24) is 15.0 Å². The van der Waals surface area contributed by atoms with Crippen molar-refractivity contribution in [3.63, 3.8) is 0 Å². The number of carbonyl (C=O) groups is 1. The van der Waals surface area contributed by atoms with Crippen LogP contribution in [0.1, 0.15) is 0 Å². The average Bonchev–Trinajstić information content (AvgIpc) is 2.56. The number of nitrogens with zero attached hydrogens (tertiary/aromatic N) is 4. The zero-order valence-corrected chi connectivity index (χ0v) is 11.1. The lowest BCUT2D eigenvalue weighted by atomic mass is 10.2. The van der Waals surface area contributed by atoms with Crippen molar-refractivity contribution in [3.05, 3.63) is 48.6 Å². The first-order chi connectivity index (χ1) is 10.2. The number of esters is 1. The smallest absolute Gasteiger partial charge is 0.350 e. The molecule has 0 fully saturated rings. The molecule has 0 amide bonds. The fourth-order valence-corrected chi connectivity index (χ4v) is 1.47. The summed E-state index contributed by atoms with van der Waals surface area (Å²) in [5, 5.41) is 11.6. The maximum atomic E-state index is 11.3. The molecule has 0 aliphatic rings. The number of carbonyl (C=O) groups excluding carboxylic acids is 1. The standard InChI is InChI=1S/C14H11N5O2/c1-21-14(20)11(8-15)9-18-12-4-7-17-13(19-12)10-2-5-16-6-3-10/h2-7,9H,1H3,(H,17,18,19). The van der Waals surface area contributed by atoms with Crippen LogP contribution >= 0.6 is 0 Å². The van der Waals surface area contributed by atoms with Crippen molar-refractivity contribution in [2.75, 3.05) is 12.4 Å². The Hall–Kier alpha value is -3.27. The Kier molecular flexibility index (Phi) is 4.56. The van der Waals surface area contributed by atoms with Crippen molar-refractivity contribution < 1.29 is 9.53 Å². The number of hydrogen-bond donors (Lipinski definition) is 1. The summed E-state index contributed by atoms with van der Waals surface area (Å²) in [7, 11) is 1.21. The van der Waals surface area contributed by atoms with E-state index >= 15 is 0 Å². The lowest BCUT2D eigenvalue weighted by molar-refractivity contribution is -0.135. The monoisotopic (exact) mass is 281 g/mol. The molecule has 7 heteroatoms. The van der Waals surface area contributed by atoms with E-state index in [2.05, 4.69) is 25.0 Å². The van der Waals surface area contributed by atoms with Gasteiger partial charge in [0, 0.05) is 30.4 Å². The van der Waals surface area contributed by atoms with E-state index in [1.54, 1.807) is 42.9 Å². The molecule has 0 aromatic carbocycles. The summed E-state index contributed by atoms with van der Waals surface area (Å²) in [6.07, 6.45) is 6.10. The summed E-state index contributed by atoms with van der Waals surface area (Å²) >= 11 is 0. The Balaban J connectivity index is 2.21. The van der Waals surface area contributed by atoms with Gasteiger partial charge in [-0.2, -0.15) is 5.26 Å². The number of anilines is 1. The van der Waals surface area contributed by atoms with E-state index < -0.39 is 5.97 Å². The molecule has 1 N–H and O–H groups in total. The van der Waals surface area contributed by atoms with Crippen LogP contribution in [0.5, 0.6) is 0 Å². The van der Waals surface area contributed by atoms with Gasteiger partial charge in [0.1, 0.15) is 11.9 Å². The van der Waals surface area contributed by atoms with Gasteiger partial charge in [-0.15, -0.1) is 0 Å². The zero-order chi connectivity index (χ0) is 15.1. The van der Waals surface area contributed by atoms with Crippen molar-refractivity contribution in [2.24, 2.45) is 0 Å². The maximum absolute atomic E-state index is 11.3. The number of aromatic nitrogens is 3. The van der Waals surface area contributed by atoms with Crippen molar-refractivity contribution in [3.8, 4) is 17.5 Å². The fraction of sp³-hybridized carbons (Fsp3) is 0.0714. The molecule has 2 aromatic rings. The van der Waals surface area contributed by atoms with E-state index in [1.165, 1.54) is 13.3 Å². The summed E-state index contributed by atoms with van der Waals surface area (Å²) in [5.41, 5.74) is 0.660. The maximum Gasteiger partial charge on any atom is 0.350 e. The molecule has 104 valence electrons. The quantitative estimate of drug-likeness (QED) is 0.515. The average molecular weight is 281 g/mol. The molecule has 2 heterocycles. The van der Waals surface area contributed by atoms with Gasteiger partial charge in [0.25, 0.3) is 0 Å². The van der Waals surface area contributed by atoms with Gasteiger partial charge in [-0.3, -0.25) is 4.98 Å². The number of hydrogen-bond acceptors (Lipinski definition) is 7. The lowest BCUT2D eigenvalue weighted by Gasteiger charge is -2.03. The number of nitrogens with one attached hydrogen (secondary N) is 1. The van der Waals surface area contributed by atoms with Gasteiger partial charge < -0.3 is 10.1 Å². The minimum atomic E-state index is -0.714. The second-order valence-electron chi connectivity index (χ2n) is 3.81. The van der Waals surface area contributed by atoms with E-state index in [0.29, 0.717) is 11.6 Å². The van der Waals surface area contributed by atoms with E-state index in [-0.39, 0.29) is 5.57 Å². The summed E-state index contributed by atoms with van der Waals surface area (Å²) < 4.78 is 4.48. The third kappa shape index (κ3) is 3.61. The lowest BCUT2D eigenvalue weighted by Crippen LogP contribution is -2.05. The molecular weight excluding hydrogens is 270 g/mol. The molecule has 0 unspecified atom stereocenters. The number of rotatable bonds is 4. The minimum Gasteiger partial charge on any atom is -0.465 e. The van der Waals surface area contributed by atoms with Crippen molar-refractivity contribution in [1.29, 1.82) is 5.26 Å². The normalized spacial score (nSPS) is 10.6. The second-order valence-corrected chi connectivity index (χ2v) is 3.81. The van der Waals surface area contributed by atoms with Crippen LogP contribution in [0.25, 0.3) is 11.4 Å². The van der Waals surface area contributed by atoms with Crippen LogP contribution in [-0.2, 0) is 9.53 Å². The summed E-state index contributed by atoms with van der Waals surface area (Å²) in [6, 6.07) is 6.92. The highest BCUT2D eigenvalue weighted by Gasteiger charge is 2.08. The van der Waals surface area contributed by atoms with Crippen LogP contribution in [-0.4, -0.2) is 28.0 Å². The van der Waals surface area contributed by atoms with Crippen LogP contribution in [0.2, 0.25) is 0 Å². The number of pyridine rings is 1. The van der Waals surface area contributed by atoms with Crippen molar-refractivity contribution in [2.45, 2.75) is 0 Å². The van der Waals surface area contributed by atoms with Gasteiger partial charge in [0.05, 0.1) is 7.11 Å². The molecule has 0 bridgehead atoms. The molecule has 0 radical (unpaired) electrons. The van der Waals surface area contributed by atoms with Gasteiger partial charge in [0.15, 0.2) is 11.4 Å². The highest BCUT2D eigenvalue weighted by atomic mass is 16.5. The number of nitriles is 1. The van der Waals surface area contributed by atoms with E-state index in [0.717, 1.165) is 5.56 Å². The van der Waals surface area contributed by atoms with E-state index in [9.17, 15) is 4.79 Å². The van der Waals surface area contributed by atoms with Gasteiger partial charge in [-0.1, -0.05) is 0 Å². The van der Waals surface area contributed by atoms with E-state index in [1.807, 2.05) is 0 Å². The van der Waals surface area contributed by atoms with Crippen LogP contribution in [0.4, 0.5) is 5.82 Å². The van der Waals surface area contributed by atoms with Crippen LogP contribution in [0.3, 0.4) is 0 Å².